The molecule has 0 aromatic heterocycles. The van der Waals surface area contributed by atoms with E-state index < -0.39 is 6.10 Å². The lowest BCUT2D eigenvalue weighted by Crippen LogP contribution is -2.33. The quantitative estimate of drug-likeness (QED) is 0.898. The van der Waals surface area contributed by atoms with Gasteiger partial charge >= 0.3 is 0 Å². The minimum absolute atomic E-state index is 0.366. The van der Waals surface area contributed by atoms with Crippen LogP contribution in [-0.2, 0) is 9.47 Å². The molecule has 0 saturated carbocycles. The van der Waals surface area contributed by atoms with Crippen molar-refractivity contribution in [2.24, 2.45) is 0 Å². The molecule has 94 valence electrons. The number of hydrogen-bond donors (Lipinski definition) is 1. The topological polar surface area (TPSA) is 47.9 Å². The van der Waals surface area contributed by atoms with Crippen LogP contribution in [0.3, 0.4) is 0 Å². The lowest BCUT2D eigenvalue weighted by atomic mass is 10.0. The number of aliphatic hydroxyl groups is 1. The van der Waals surface area contributed by atoms with Crippen LogP contribution < -0.4 is 4.74 Å². The number of benzene rings is 1. The second kappa shape index (κ2) is 5.69. The fraction of sp³-hybridized carbons (Fsp3) is 0.500. The van der Waals surface area contributed by atoms with Gasteiger partial charge in [0.15, 0.2) is 0 Å². The molecule has 2 unspecified atom stereocenters. The molecule has 0 bridgehead atoms. The number of ether oxygens (including phenoxy) is 3. The predicted molar refractivity (Wildman–Crippen MR) is 63.5 cm³/mol. The van der Waals surface area contributed by atoms with Gasteiger partial charge in [-0.25, -0.2) is 0 Å². The van der Waals surface area contributed by atoms with E-state index in [1.165, 1.54) is 0 Å². The van der Waals surface area contributed by atoms with Crippen molar-refractivity contribution in [3.05, 3.63) is 28.8 Å². The van der Waals surface area contributed by atoms with Crippen molar-refractivity contribution in [3.63, 3.8) is 0 Å². The SMILES string of the molecule is COc1ccc(C(O)C2COCCO2)c(Cl)c1. The van der Waals surface area contributed by atoms with E-state index in [2.05, 4.69) is 0 Å². The Bertz CT molecular complexity index is 377. The van der Waals surface area contributed by atoms with Gasteiger partial charge in [-0.3, -0.25) is 0 Å². The summed E-state index contributed by atoms with van der Waals surface area (Å²) < 4.78 is 15.8. The number of rotatable bonds is 3. The first-order valence-corrected chi connectivity index (χ1v) is 5.81. The van der Waals surface area contributed by atoms with Crippen molar-refractivity contribution in [1.29, 1.82) is 0 Å². The number of methoxy groups -OCH3 is 1. The highest BCUT2D eigenvalue weighted by Gasteiger charge is 2.26. The predicted octanol–water partition coefficient (Wildman–Crippen LogP) is 1.80. The molecule has 1 aromatic rings. The van der Waals surface area contributed by atoms with Crippen molar-refractivity contribution in [2.75, 3.05) is 26.9 Å². The molecule has 0 amide bonds. The molecule has 2 rings (SSSR count). The van der Waals surface area contributed by atoms with Crippen molar-refractivity contribution in [1.82, 2.24) is 0 Å². The molecular weight excluding hydrogens is 244 g/mol. The summed E-state index contributed by atoms with van der Waals surface area (Å²) in [5.41, 5.74) is 0.628. The third kappa shape index (κ3) is 2.90. The molecule has 1 aliphatic heterocycles. The summed E-state index contributed by atoms with van der Waals surface area (Å²) in [4.78, 5) is 0. The molecule has 0 spiro atoms. The van der Waals surface area contributed by atoms with E-state index in [0.717, 1.165) is 0 Å². The van der Waals surface area contributed by atoms with Crippen LogP contribution in [0.25, 0.3) is 0 Å². The first-order chi connectivity index (χ1) is 8.22. The number of hydrogen-bond acceptors (Lipinski definition) is 4. The van der Waals surface area contributed by atoms with Crippen LogP contribution in [0, 0.1) is 0 Å². The van der Waals surface area contributed by atoms with E-state index >= 15 is 0 Å². The third-order valence-electron chi connectivity index (χ3n) is 2.72. The average molecular weight is 259 g/mol. The number of halogens is 1. The Hall–Kier alpha value is -0.810. The molecular formula is C12H15ClO4. The molecule has 1 heterocycles. The summed E-state index contributed by atoms with van der Waals surface area (Å²) in [6.07, 6.45) is -1.15. The van der Waals surface area contributed by atoms with Gasteiger partial charge in [-0.15, -0.1) is 0 Å². The fourth-order valence-electron chi connectivity index (χ4n) is 1.76. The molecule has 5 heteroatoms. The van der Waals surface area contributed by atoms with Crippen LogP contribution in [0.2, 0.25) is 5.02 Å². The zero-order chi connectivity index (χ0) is 12.3. The van der Waals surface area contributed by atoms with Crippen LogP contribution in [0.1, 0.15) is 11.7 Å². The Morgan fingerprint density at radius 1 is 1.47 bits per heavy atom. The smallest absolute Gasteiger partial charge is 0.120 e. The Balaban J connectivity index is 2.15. The van der Waals surface area contributed by atoms with E-state index in [-0.39, 0.29) is 6.10 Å². The van der Waals surface area contributed by atoms with E-state index in [4.69, 9.17) is 25.8 Å². The summed E-state index contributed by atoms with van der Waals surface area (Å²) in [7, 11) is 1.57. The van der Waals surface area contributed by atoms with Gasteiger partial charge in [0.2, 0.25) is 0 Å². The first-order valence-electron chi connectivity index (χ1n) is 5.43. The first kappa shape index (κ1) is 12.6. The molecule has 1 aromatic carbocycles. The van der Waals surface area contributed by atoms with Crippen LogP contribution in [0.5, 0.6) is 5.75 Å². The van der Waals surface area contributed by atoms with Gasteiger partial charge < -0.3 is 19.3 Å². The lowest BCUT2D eigenvalue weighted by Gasteiger charge is -2.27. The highest BCUT2D eigenvalue weighted by molar-refractivity contribution is 6.31. The van der Waals surface area contributed by atoms with Crippen LogP contribution >= 0.6 is 11.6 Å². The van der Waals surface area contributed by atoms with Gasteiger partial charge in [-0.1, -0.05) is 17.7 Å². The molecule has 0 aliphatic carbocycles. The summed E-state index contributed by atoms with van der Waals surface area (Å²) in [5, 5.41) is 10.6. The highest BCUT2D eigenvalue weighted by atomic mass is 35.5. The maximum Gasteiger partial charge on any atom is 0.120 e. The molecule has 4 nitrogen and oxygen atoms in total. The largest absolute Gasteiger partial charge is 0.497 e. The molecule has 0 radical (unpaired) electrons. The van der Waals surface area contributed by atoms with Crippen molar-refractivity contribution in [2.45, 2.75) is 12.2 Å². The van der Waals surface area contributed by atoms with Gasteiger partial charge in [0.1, 0.15) is 18.0 Å². The second-order valence-electron chi connectivity index (χ2n) is 3.82. The molecule has 2 atom stereocenters. The lowest BCUT2D eigenvalue weighted by molar-refractivity contribution is -0.133. The standard InChI is InChI=1S/C12H15ClO4/c1-15-8-2-3-9(10(13)6-8)12(14)11-7-16-4-5-17-11/h2-3,6,11-12,14H,4-5,7H2,1H3. The van der Waals surface area contributed by atoms with E-state index in [1.54, 1.807) is 25.3 Å². The van der Waals surface area contributed by atoms with Crippen molar-refractivity contribution < 1.29 is 19.3 Å². The number of aliphatic hydroxyl groups excluding tert-OH is 1. The second-order valence-corrected chi connectivity index (χ2v) is 4.22. The maximum atomic E-state index is 10.2. The monoisotopic (exact) mass is 258 g/mol. The molecule has 1 aliphatic rings. The fourth-order valence-corrected chi connectivity index (χ4v) is 2.05. The summed E-state index contributed by atoms with van der Waals surface area (Å²) in [5.74, 6) is 0.659. The Labute approximate surface area is 105 Å². The van der Waals surface area contributed by atoms with E-state index in [9.17, 15) is 5.11 Å². The average Bonchev–Trinajstić information content (AvgIpc) is 2.39. The molecule has 1 fully saturated rings. The Morgan fingerprint density at radius 3 is 2.88 bits per heavy atom. The van der Waals surface area contributed by atoms with Crippen LogP contribution in [0.4, 0.5) is 0 Å². The Kier molecular flexibility index (Phi) is 4.23. The van der Waals surface area contributed by atoms with Gasteiger partial charge in [-0.2, -0.15) is 0 Å². The molecule has 17 heavy (non-hydrogen) atoms. The zero-order valence-corrected chi connectivity index (χ0v) is 10.3. The zero-order valence-electron chi connectivity index (χ0n) is 9.56. The summed E-state index contributed by atoms with van der Waals surface area (Å²) >= 11 is 6.09. The van der Waals surface area contributed by atoms with Crippen molar-refractivity contribution >= 4 is 11.6 Å². The normalized spacial score (nSPS) is 22.2. The van der Waals surface area contributed by atoms with Gasteiger partial charge in [-0.05, 0) is 12.1 Å². The van der Waals surface area contributed by atoms with Gasteiger partial charge in [0.05, 0.1) is 32.0 Å². The van der Waals surface area contributed by atoms with E-state index in [1.807, 2.05) is 0 Å². The highest BCUT2D eigenvalue weighted by Crippen LogP contribution is 2.30. The summed E-state index contributed by atoms with van der Waals surface area (Å²) in [6, 6.07) is 5.17. The summed E-state index contributed by atoms with van der Waals surface area (Å²) in [6.45, 7) is 1.44. The molecule has 1 saturated heterocycles. The third-order valence-corrected chi connectivity index (χ3v) is 3.05. The van der Waals surface area contributed by atoms with Crippen LogP contribution in [-0.4, -0.2) is 38.1 Å². The van der Waals surface area contributed by atoms with Gasteiger partial charge in [0, 0.05) is 5.56 Å². The molecule has 1 N–H and O–H groups in total. The minimum Gasteiger partial charge on any atom is -0.497 e. The van der Waals surface area contributed by atoms with Crippen molar-refractivity contribution in [3.8, 4) is 5.75 Å². The van der Waals surface area contributed by atoms with Gasteiger partial charge in [0.25, 0.3) is 0 Å². The van der Waals surface area contributed by atoms with Crippen LogP contribution in [0.15, 0.2) is 18.2 Å². The van der Waals surface area contributed by atoms with E-state index in [0.29, 0.717) is 36.2 Å². The Morgan fingerprint density at radius 2 is 2.29 bits per heavy atom. The maximum absolute atomic E-state index is 10.2. The minimum atomic E-state index is -0.784.